The van der Waals surface area contributed by atoms with Gasteiger partial charge in [-0.2, -0.15) is 0 Å². The summed E-state index contributed by atoms with van der Waals surface area (Å²) < 4.78 is 0.145. The molecule has 2 aliphatic carbocycles. The van der Waals surface area contributed by atoms with Crippen molar-refractivity contribution in [3.05, 3.63) is 141 Å². The summed E-state index contributed by atoms with van der Waals surface area (Å²) in [4.78, 5) is 0. The molecule has 0 saturated heterocycles. The maximum absolute atomic E-state index is 8.70. The van der Waals surface area contributed by atoms with Crippen LogP contribution >= 0.6 is 17.0 Å². The van der Waals surface area contributed by atoms with E-state index >= 15 is 0 Å². The summed E-state index contributed by atoms with van der Waals surface area (Å²) in [5, 5.41) is 2.54. The van der Waals surface area contributed by atoms with Crippen LogP contribution in [0.1, 0.15) is 67.0 Å². The number of aryl methyl sites for hydroxylation is 3. The van der Waals surface area contributed by atoms with E-state index in [-0.39, 0.29) is 7.25 Å². The Morgan fingerprint density at radius 3 is 2.02 bits per heavy atom. The summed E-state index contributed by atoms with van der Waals surface area (Å²) in [6.07, 6.45) is 4.93. The SMILES string of the molecule is CC1=Cc2c(-c3cccc4ccccc34)ccc(C)c2[CH]1[Zr]([Cl])([Cl])([CH]1C(C(C)C)=Cc2c(-c3cc(C)cc(C)c3)cccc21)[SiH](C)C. The van der Waals surface area contributed by atoms with Crippen LogP contribution in [0.4, 0.5) is 0 Å². The van der Waals surface area contributed by atoms with Crippen molar-refractivity contribution >= 4 is 45.9 Å². The van der Waals surface area contributed by atoms with Crippen molar-refractivity contribution in [3.63, 3.8) is 0 Å². The molecule has 7 rings (SSSR count). The standard InChI is InChI=1S/C21H17.C20H21.C2H7Si.2ClH.Zr/c1-14-12-20-15(2)10-11-19(21(20)13-14)18-9-5-7-16-6-3-4-8-17(16)18;1-13(2)17-11-16-6-5-7-19(20(16)12-17)18-9-14(3)8-15(4)10-18;1-3-2;;;/h3-13H,1-2H3;5-13H,1-4H3;3H,1-2H3;2*1H;/q;;;;;+2/p-2. The Labute approximate surface area is 290 Å². The normalized spacial score (nSPS) is 18.3. The summed E-state index contributed by atoms with van der Waals surface area (Å²) in [6.45, 7) is 18.5. The van der Waals surface area contributed by atoms with Crippen LogP contribution < -0.4 is 0 Å². The van der Waals surface area contributed by atoms with Gasteiger partial charge in [-0.3, -0.25) is 0 Å². The van der Waals surface area contributed by atoms with Gasteiger partial charge in [0.15, 0.2) is 0 Å². The van der Waals surface area contributed by atoms with Gasteiger partial charge in [0.25, 0.3) is 0 Å². The topological polar surface area (TPSA) is 0 Å². The van der Waals surface area contributed by atoms with Gasteiger partial charge in [-0.15, -0.1) is 0 Å². The molecule has 2 atom stereocenters. The fourth-order valence-corrected chi connectivity index (χ4v) is 41.2. The van der Waals surface area contributed by atoms with Crippen LogP contribution in [0.25, 0.3) is 45.2 Å². The number of allylic oxidation sites excluding steroid dienone is 2. The van der Waals surface area contributed by atoms with E-state index in [9.17, 15) is 0 Å². The number of hydrogen-bond acceptors (Lipinski definition) is 0. The predicted molar refractivity (Wildman–Crippen MR) is 208 cm³/mol. The molecular formula is C43H45Cl2SiZr. The van der Waals surface area contributed by atoms with Crippen molar-refractivity contribution in [2.24, 2.45) is 5.92 Å². The van der Waals surface area contributed by atoms with Gasteiger partial charge in [0.1, 0.15) is 0 Å². The monoisotopic (exact) mass is 749 g/mol. The summed E-state index contributed by atoms with van der Waals surface area (Å²) in [5.41, 5.74) is 17.1. The Balaban J connectivity index is 1.48. The summed E-state index contributed by atoms with van der Waals surface area (Å²) in [6, 6.07) is 33.8. The first-order valence-electron chi connectivity index (χ1n) is 17.1. The van der Waals surface area contributed by atoms with Gasteiger partial charge >= 0.3 is 293 Å². The van der Waals surface area contributed by atoms with Crippen molar-refractivity contribution < 1.29 is 15.6 Å². The molecule has 0 bridgehead atoms. The fourth-order valence-electron chi connectivity index (χ4n) is 8.98. The molecule has 2 aliphatic rings. The van der Waals surface area contributed by atoms with Crippen molar-refractivity contribution in [3.8, 4) is 22.3 Å². The Hall–Kier alpha value is -2.48. The van der Waals surface area contributed by atoms with Gasteiger partial charge in [-0.05, 0) is 0 Å². The van der Waals surface area contributed by atoms with E-state index in [0.29, 0.717) is 5.92 Å². The number of rotatable bonds is 6. The van der Waals surface area contributed by atoms with Gasteiger partial charge in [-0.1, -0.05) is 0 Å². The Bertz CT molecular complexity index is 2130. The molecule has 239 valence electrons. The van der Waals surface area contributed by atoms with Crippen molar-refractivity contribution in [1.82, 2.24) is 0 Å². The molecule has 0 nitrogen and oxygen atoms in total. The van der Waals surface area contributed by atoms with E-state index in [1.54, 1.807) is 0 Å². The molecule has 0 saturated carbocycles. The summed E-state index contributed by atoms with van der Waals surface area (Å²) in [5.74, 6) is -1.32. The molecule has 2 unspecified atom stereocenters. The summed E-state index contributed by atoms with van der Waals surface area (Å²) in [7, 11) is 17.4. The molecule has 0 radical (unpaired) electrons. The van der Waals surface area contributed by atoms with E-state index in [1.165, 1.54) is 83.1 Å². The minimum absolute atomic E-state index is 0.0688. The van der Waals surface area contributed by atoms with Crippen LogP contribution in [0.15, 0.2) is 102 Å². The van der Waals surface area contributed by atoms with E-state index in [2.05, 4.69) is 158 Å². The molecule has 0 amide bonds. The zero-order valence-electron chi connectivity index (χ0n) is 28.9. The van der Waals surface area contributed by atoms with Crippen molar-refractivity contribution in [2.45, 2.75) is 61.9 Å². The third-order valence-corrected chi connectivity index (χ3v) is 63.1. The van der Waals surface area contributed by atoms with Crippen LogP contribution in [0.3, 0.4) is 0 Å². The molecule has 4 heteroatoms. The van der Waals surface area contributed by atoms with Crippen LogP contribution in [0.5, 0.6) is 0 Å². The average Bonchev–Trinajstić information content (AvgIpc) is 3.61. The molecule has 5 aromatic carbocycles. The van der Waals surface area contributed by atoms with Gasteiger partial charge in [0, 0.05) is 0 Å². The summed E-state index contributed by atoms with van der Waals surface area (Å²) >= 11 is -4.87. The van der Waals surface area contributed by atoms with Crippen molar-refractivity contribution in [2.75, 3.05) is 0 Å². The second-order valence-electron chi connectivity index (χ2n) is 14.9. The Morgan fingerprint density at radius 1 is 0.660 bits per heavy atom. The Kier molecular flexibility index (Phi) is 8.32. The van der Waals surface area contributed by atoms with Crippen LogP contribution in [0, 0.1) is 26.7 Å². The van der Waals surface area contributed by atoms with Gasteiger partial charge < -0.3 is 0 Å². The van der Waals surface area contributed by atoms with Crippen LogP contribution in [-0.4, -0.2) is 5.92 Å². The molecular weight excluding hydrogens is 707 g/mol. The zero-order chi connectivity index (χ0) is 33.4. The third-order valence-electron chi connectivity index (χ3n) is 11.2. The molecule has 47 heavy (non-hydrogen) atoms. The second kappa shape index (κ2) is 11.8. The average molecular weight is 752 g/mol. The molecule has 0 N–H and O–H groups in total. The molecule has 0 aliphatic heterocycles. The first kappa shape index (κ1) is 33.0. The fraction of sp³-hybridized carbons (Fsp3) is 0.256. The first-order chi connectivity index (χ1) is 22.3. The third kappa shape index (κ3) is 5.08. The predicted octanol–water partition coefficient (Wildman–Crippen LogP) is 13.3. The number of hydrogen-bond donors (Lipinski definition) is 0. The van der Waals surface area contributed by atoms with E-state index in [0.717, 1.165) is 0 Å². The molecule has 5 aromatic rings. The Morgan fingerprint density at radius 2 is 1.32 bits per heavy atom. The molecule has 0 heterocycles. The number of fused-ring (bicyclic) bond motifs is 3. The van der Waals surface area contributed by atoms with Gasteiger partial charge in [0.2, 0.25) is 0 Å². The molecule has 0 spiro atoms. The van der Waals surface area contributed by atoms with Crippen LogP contribution in [-0.2, 0) is 15.6 Å². The van der Waals surface area contributed by atoms with Crippen molar-refractivity contribution in [1.29, 1.82) is 0 Å². The number of halogens is 2. The molecule has 0 fully saturated rings. The van der Waals surface area contributed by atoms with E-state index in [1.807, 2.05) is 0 Å². The second-order valence-corrected chi connectivity index (χ2v) is 57.4. The zero-order valence-corrected chi connectivity index (χ0v) is 34.0. The van der Waals surface area contributed by atoms with E-state index in [4.69, 9.17) is 17.0 Å². The first-order valence-corrected chi connectivity index (χ1v) is 33.4. The van der Waals surface area contributed by atoms with Gasteiger partial charge in [-0.25, -0.2) is 0 Å². The number of benzene rings is 5. The van der Waals surface area contributed by atoms with Crippen LogP contribution in [0.2, 0.25) is 13.1 Å². The molecule has 0 aromatic heterocycles. The maximum atomic E-state index is 8.70. The quantitative estimate of drug-likeness (QED) is 0.152. The van der Waals surface area contributed by atoms with Gasteiger partial charge in [0.05, 0.1) is 0 Å². The minimum atomic E-state index is -4.87. The van der Waals surface area contributed by atoms with E-state index < -0.39 is 21.5 Å².